The highest BCUT2D eigenvalue weighted by Gasteiger charge is 1.99. The number of thiophene rings is 1. The lowest BCUT2D eigenvalue weighted by molar-refractivity contribution is 0.767. The second-order valence-electron chi connectivity index (χ2n) is 5.15. The van der Waals surface area contributed by atoms with E-state index in [1.807, 2.05) is 11.3 Å². The zero-order chi connectivity index (χ0) is 14.4. The molecule has 1 aromatic carbocycles. The molecule has 0 fully saturated rings. The molecule has 0 aliphatic carbocycles. The number of nitrogens with zero attached hydrogens (tertiary/aromatic N) is 1. The van der Waals surface area contributed by atoms with E-state index >= 15 is 0 Å². The average molecular weight is 285 g/mol. The minimum absolute atomic E-state index is 1.13. The molecule has 0 radical (unpaired) electrons. The summed E-state index contributed by atoms with van der Waals surface area (Å²) in [5.74, 6) is 0. The molecule has 1 nitrogen and oxygen atoms in total. The molecule has 0 atom stereocenters. The van der Waals surface area contributed by atoms with Crippen LogP contribution < -0.4 is 4.90 Å². The molecular weight excluding hydrogens is 262 g/mol. The van der Waals surface area contributed by atoms with E-state index < -0.39 is 0 Å². The standard InChI is InChI=1S/C18H23NS/c1-4-5-14-19(3)17-10-7-16(8-11-17)9-13-18-12-6-15(2)20-18/h6-13H,4-5,14H2,1-3H3/b13-9+. The van der Waals surface area contributed by atoms with Crippen LogP contribution in [0, 0.1) is 6.92 Å². The Morgan fingerprint density at radius 3 is 2.40 bits per heavy atom. The fourth-order valence-corrected chi connectivity index (χ4v) is 2.87. The minimum Gasteiger partial charge on any atom is -0.375 e. The predicted molar refractivity (Wildman–Crippen MR) is 92.6 cm³/mol. The van der Waals surface area contributed by atoms with Crippen LogP contribution in [0.4, 0.5) is 5.69 Å². The Labute approximate surface area is 126 Å². The topological polar surface area (TPSA) is 3.24 Å². The van der Waals surface area contributed by atoms with E-state index in [4.69, 9.17) is 0 Å². The summed E-state index contributed by atoms with van der Waals surface area (Å²) >= 11 is 1.83. The van der Waals surface area contributed by atoms with Gasteiger partial charge >= 0.3 is 0 Å². The molecule has 1 aromatic heterocycles. The summed E-state index contributed by atoms with van der Waals surface area (Å²) in [6, 6.07) is 13.1. The highest BCUT2D eigenvalue weighted by Crippen LogP contribution is 2.19. The van der Waals surface area contributed by atoms with Gasteiger partial charge < -0.3 is 4.90 Å². The van der Waals surface area contributed by atoms with Crippen molar-refractivity contribution in [3.05, 3.63) is 51.7 Å². The molecule has 0 spiro atoms. The van der Waals surface area contributed by atoms with Crippen molar-refractivity contribution in [2.75, 3.05) is 18.5 Å². The summed E-state index contributed by atoms with van der Waals surface area (Å²) in [5, 5.41) is 0. The molecular formula is C18H23NS. The first-order valence-corrected chi connectivity index (χ1v) is 8.06. The number of hydrogen-bond donors (Lipinski definition) is 0. The summed E-state index contributed by atoms with van der Waals surface area (Å²) in [7, 11) is 2.16. The van der Waals surface area contributed by atoms with Gasteiger partial charge in [0, 0.05) is 29.0 Å². The molecule has 0 amide bonds. The van der Waals surface area contributed by atoms with Crippen molar-refractivity contribution < 1.29 is 0 Å². The van der Waals surface area contributed by atoms with Crippen molar-refractivity contribution in [2.24, 2.45) is 0 Å². The third-order valence-electron chi connectivity index (χ3n) is 3.38. The van der Waals surface area contributed by atoms with Crippen LogP contribution in [0.5, 0.6) is 0 Å². The van der Waals surface area contributed by atoms with Gasteiger partial charge in [-0.1, -0.05) is 31.6 Å². The molecule has 106 valence electrons. The first-order valence-electron chi connectivity index (χ1n) is 7.25. The fourth-order valence-electron chi connectivity index (χ4n) is 2.09. The third-order valence-corrected chi connectivity index (χ3v) is 4.35. The van der Waals surface area contributed by atoms with E-state index in [0.29, 0.717) is 0 Å². The minimum atomic E-state index is 1.13. The van der Waals surface area contributed by atoms with Gasteiger partial charge in [-0.25, -0.2) is 0 Å². The van der Waals surface area contributed by atoms with Crippen LogP contribution in [-0.2, 0) is 0 Å². The molecule has 0 saturated carbocycles. The van der Waals surface area contributed by atoms with Crippen LogP contribution in [0.2, 0.25) is 0 Å². The van der Waals surface area contributed by atoms with Crippen molar-refractivity contribution in [3.63, 3.8) is 0 Å². The Morgan fingerprint density at radius 2 is 1.80 bits per heavy atom. The largest absolute Gasteiger partial charge is 0.375 e. The van der Waals surface area contributed by atoms with Crippen molar-refractivity contribution in [1.29, 1.82) is 0 Å². The average Bonchev–Trinajstić information content (AvgIpc) is 2.89. The van der Waals surface area contributed by atoms with Gasteiger partial charge in [0.1, 0.15) is 0 Å². The Hall–Kier alpha value is -1.54. The molecule has 0 bridgehead atoms. The highest BCUT2D eigenvalue weighted by atomic mass is 32.1. The van der Waals surface area contributed by atoms with Gasteiger partial charge in [0.05, 0.1) is 0 Å². The van der Waals surface area contributed by atoms with E-state index in [-0.39, 0.29) is 0 Å². The summed E-state index contributed by atoms with van der Waals surface area (Å²) in [6.45, 7) is 5.50. The van der Waals surface area contributed by atoms with Crippen LogP contribution in [0.25, 0.3) is 12.2 Å². The van der Waals surface area contributed by atoms with Crippen molar-refractivity contribution in [2.45, 2.75) is 26.7 Å². The number of benzene rings is 1. The van der Waals surface area contributed by atoms with Gasteiger partial charge in [-0.05, 0) is 49.2 Å². The van der Waals surface area contributed by atoms with Crippen LogP contribution in [0.15, 0.2) is 36.4 Å². The maximum absolute atomic E-state index is 2.32. The van der Waals surface area contributed by atoms with Crippen LogP contribution in [0.1, 0.15) is 35.1 Å². The summed E-state index contributed by atoms with van der Waals surface area (Å²) in [6.07, 6.45) is 6.86. The summed E-state index contributed by atoms with van der Waals surface area (Å²) in [4.78, 5) is 4.99. The lowest BCUT2D eigenvalue weighted by Gasteiger charge is -2.18. The Kier molecular flexibility index (Phi) is 5.42. The second-order valence-corrected chi connectivity index (χ2v) is 6.47. The molecule has 2 rings (SSSR count). The molecule has 20 heavy (non-hydrogen) atoms. The molecule has 1 heterocycles. The van der Waals surface area contributed by atoms with E-state index in [1.165, 1.54) is 33.8 Å². The van der Waals surface area contributed by atoms with Crippen LogP contribution >= 0.6 is 11.3 Å². The highest BCUT2D eigenvalue weighted by molar-refractivity contribution is 7.12. The summed E-state index contributed by atoms with van der Waals surface area (Å²) in [5.41, 5.74) is 2.55. The zero-order valence-electron chi connectivity index (χ0n) is 12.6. The van der Waals surface area contributed by atoms with Gasteiger partial charge in [0.15, 0.2) is 0 Å². The third kappa shape index (κ3) is 4.24. The van der Waals surface area contributed by atoms with Gasteiger partial charge in [-0.3, -0.25) is 0 Å². The molecule has 0 aliphatic rings. The Morgan fingerprint density at radius 1 is 1.05 bits per heavy atom. The predicted octanol–water partition coefficient (Wildman–Crippen LogP) is 5.46. The second kappa shape index (κ2) is 7.30. The number of anilines is 1. The van der Waals surface area contributed by atoms with Crippen molar-refractivity contribution >= 4 is 29.2 Å². The molecule has 0 N–H and O–H groups in total. The SMILES string of the molecule is CCCCN(C)c1ccc(/C=C/c2ccc(C)s2)cc1. The molecule has 2 aromatic rings. The zero-order valence-corrected chi connectivity index (χ0v) is 13.4. The van der Waals surface area contributed by atoms with Gasteiger partial charge in [-0.2, -0.15) is 0 Å². The Bertz CT molecular complexity index is 551. The molecule has 0 saturated heterocycles. The molecule has 0 unspecified atom stereocenters. The van der Waals surface area contributed by atoms with Crippen LogP contribution in [0.3, 0.4) is 0 Å². The number of aryl methyl sites for hydroxylation is 1. The van der Waals surface area contributed by atoms with Gasteiger partial charge in [0.25, 0.3) is 0 Å². The van der Waals surface area contributed by atoms with E-state index in [1.54, 1.807) is 0 Å². The van der Waals surface area contributed by atoms with Gasteiger partial charge in [0.2, 0.25) is 0 Å². The van der Waals surface area contributed by atoms with E-state index in [2.05, 4.69) is 74.3 Å². The van der Waals surface area contributed by atoms with E-state index in [9.17, 15) is 0 Å². The van der Waals surface area contributed by atoms with Crippen molar-refractivity contribution in [1.82, 2.24) is 0 Å². The quantitative estimate of drug-likeness (QED) is 0.681. The molecule has 2 heteroatoms. The monoisotopic (exact) mass is 285 g/mol. The maximum atomic E-state index is 2.32. The Balaban J connectivity index is 1.99. The van der Waals surface area contributed by atoms with Crippen molar-refractivity contribution in [3.8, 4) is 0 Å². The van der Waals surface area contributed by atoms with Gasteiger partial charge in [-0.15, -0.1) is 11.3 Å². The first kappa shape index (κ1) is 14.9. The fraction of sp³-hybridized carbons (Fsp3) is 0.333. The lowest BCUT2D eigenvalue weighted by Crippen LogP contribution is -2.17. The lowest BCUT2D eigenvalue weighted by atomic mass is 10.1. The normalized spacial score (nSPS) is 11.2. The maximum Gasteiger partial charge on any atom is 0.0364 e. The van der Waals surface area contributed by atoms with E-state index in [0.717, 1.165) is 6.54 Å². The number of rotatable bonds is 6. The summed E-state index contributed by atoms with van der Waals surface area (Å²) < 4.78 is 0. The first-order chi connectivity index (χ1) is 9.69. The number of hydrogen-bond acceptors (Lipinski definition) is 2. The number of unbranched alkanes of at least 4 members (excludes halogenated alkanes) is 1. The van der Waals surface area contributed by atoms with Crippen LogP contribution in [-0.4, -0.2) is 13.6 Å². The smallest absolute Gasteiger partial charge is 0.0364 e. The molecule has 0 aliphatic heterocycles.